The number of hydrogen-bond acceptors (Lipinski definition) is 5. The number of rotatable bonds is 4. The van der Waals surface area contributed by atoms with Crippen LogP contribution in [0.3, 0.4) is 0 Å². The van der Waals surface area contributed by atoms with Gasteiger partial charge in [-0.15, -0.1) is 0 Å². The first-order chi connectivity index (χ1) is 10.0. The Morgan fingerprint density at radius 1 is 1.18 bits per heavy atom. The molecule has 8 nitrogen and oxygen atoms in total. The average molecular weight is 317 g/mol. The molecular formula is C14H23NO7. The van der Waals surface area contributed by atoms with Crippen LogP contribution in [0.25, 0.3) is 0 Å². The summed E-state index contributed by atoms with van der Waals surface area (Å²) in [6.07, 6.45) is -1.48. The zero-order valence-electron chi connectivity index (χ0n) is 13.2. The second-order valence-electron chi connectivity index (χ2n) is 6.46. The summed E-state index contributed by atoms with van der Waals surface area (Å²) in [5.74, 6) is -2.78. The highest BCUT2D eigenvalue weighted by atomic mass is 16.6. The summed E-state index contributed by atoms with van der Waals surface area (Å²) in [5, 5.41) is 21.1. The topological polar surface area (TPSA) is 122 Å². The van der Waals surface area contributed by atoms with E-state index in [0.29, 0.717) is 0 Å². The molecule has 126 valence electrons. The number of carboxylic acid groups (broad SMARTS) is 2. The molecule has 1 aliphatic carbocycles. The molecule has 0 aromatic heterocycles. The smallest absolute Gasteiger partial charge is 0.407 e. The second kappa shape index (κ2) is 6.51. The van der Waals surface area contributed by atoms with Crippen LogP contribution < -0.4 is 5.32 Å². The Labute approximate surface area is 128 Å². The van der Waals surface area contributed by atoms with E-state index in [1.807, 2.05) is 0 Å². The molecule has 1 amide bonds. The van der Waals surface area contributed by atoms with Gasteiger partial charge < -0.3 is 25.0 Å². The van der Waals surface area contributed by atoms with Crippen molar-refractivity contribution < 1.29 is 34.1 Å². The SMILES string of the molecule is COC1CC(C(=O)O)(C(=O)O)CCC1NC(=O)OC(C)(C)C. The Balaban J connectivity index is 2.81. The van der Waals surface area contributed by atoms with Gasteiger partial charge in [-0.3, -0.25) is 9.59 Å². The molecule has 1 rings (SSSR count). The average Bonchev–Trinajstić information content (AvgIpc) is 2.36. The minimum Gasteiger partial charge on any atom is -0.480 e. The van der Waals surface area contributed by atoms with Gasteiger partial charge in [0.05, 0.1) is 12.1 Å². The molecule has 1 fully saturated rings. The largest absolute Gasteiger partial charge is 0.480 e. The maximum Gasteiger partial charge on any atom is 0.407 e. The van der Waals surface area contributed by atoms with Gasteiger partial charge in [-0.05, 0) is 33.6 Å². The molecule has 0 aliphatic heterocycles. The lowest BCUT2D eigenvalue weighted by Gasteiger charge is -2.39. The lowest BCUT2D eigenvalue weighted by atomic mass is 9.71. The summed E-state index contributed by atoms with van der Waals surface area (Å²) in [6, 6.07) is -0.494. The maximum absolute atomic E-state index is 11.8. The number of hydrogen-bond donors (Lipinski definition) is 3. The number of alkyl carbamates (subject to hydrolysis) is 1. The Morgan fingerprint density at radius 3 is 2.14 bits per heavy atom. The number of nitrogens with one attached hydrogen (secondary N) is 1. The number of carbonyl (C=O) groups is 3. The highest BCUT2D eigenvalue weighted by Gasteiger charge is 2.52. The van der Waals surface area contributed by atoms with Crippen LogP contribution in [0.2, 0.25) is 0 Å². The normalized spacial score (nSPS) is 24.4. The first-order valence-electron chi connectivity index (χ1n) is 7.01. The highest BCUT2D eigenvalue weighted by molar-refractivity contribution is 5.98. The van der Waals surface area contributed by atoms with Crippen LogP contribution in [0.5, 0.6) is 0 Å². The van der Waals surface area contributed by atoms with Gasteiger partial charge >= 0.3 is 18.0 Å². The first-order valence-corrected chi connectivity index (χ1v) is 7.01. The summed E-state index contributed by atoms with van der Waals surface area (Å²) >= 11 is 0. The van der Waals surface area contributed by atoms with E-state index in [4.69, 9.17) is 9.47 Å². The van der Waals surface area contributed by atoms with E-state index >= 15 is 0 Å². The van der Waals surface area contributed by atoms with Gasteiger partial charge in [0.2, 0.25) is 0 Å². The summed E-state index contributed by atoms with van der Waals surface area (Å²) in [5.41, 5.74) is -2.54. The van der Waals surface area contributed by atoms with Gasteiger partial charge in [0, 0.05) is 13.5 Å². The molecule has 0 aromatic rings. The van der Waals surface area contributed by atoms with Crippen molar-refractivity contribution in [3.63, 3.8) is 0 Å². The monoisotopic (exact) mass is 317 g/mol. The van der Waals surface area contributed by atoms with Crippen LogP contribution in [0.4, 0.5) is 4.79 Å². The van der Waals surface area contributed by atoms with Crippen LogP contribution in [0, 0.1) is 5.41 Å². The predicted octanol–water partition coefficient (Wildman–Crippen LogP) is 1.23. The van der Waals surface area contributed by atoms with Gasteiger partial charge in [0.15, 0.2) is 5.41 Å². The molecule has 0 bridgehead atoms. The quantitative estimate of drug-likeness (QED) is 0.666. The molecule has 0 saturated heterocycles. The number of ether oxygens (including phenoxy) is 2. The number of methoxy groups -OCH3 is 1. The van der Waals surface area contributed by atoms with Crippen LogP contribution in [0.1, 0.15) is 40.0 Å². The maximum atomic E-state index is 11.8. The van der Waals surface area contributed by atoms with E-state index in [0.717, 1.165) is 0 Å². The fourth-order valence-electron chi connectivity index (χ4n) is 2.53. The summed E-state index contributed by atoms with van der Waals surface area (Å²) in [7, 11) is 1.36. The third kappa shape index (κ3) is 4.09. The van der Waals surface area contributed by atoms with Crippen LogP contribution in [0.15, 0.2) is 0 Å². The number of carboxylic acids is 2. The molecule has 2 atom stereocenters. The lowest BCUT2D eigenvalue weighted by molar-refractivity contribution is -0.171. The van der Waals surface area contributed by atoms with Crippen LogP contribution >= 0.6 is 0 Å². The molecule has 1 aliphatic rings. The molecule has 0 heterocycles. The Bertz CT molecular complexity index is 441. The summed E-state index contributed by atoms with van der Waals surface area (Å²) in [6.45, 7) is 5.17. The molecule has 8 heteroatoms. The lowest BCUT2D eigenvalue weighted by Crippen LogP contribution is -2.55. The minimum absolute atomic E-state index is 0.0853. The van der Waals surface area contributed by atoms with Crippen molar-refractivity contribution in [3.05, 3.63) is 0 Å². The summed E-state index contributed by atoms with van der Waals surface area (Å²) in [4.78, 5) is 34.5. The van der Waals surface area contributed by atoms with E-state index in [1.165, 1.54) is 7.11 Å². The molecular weight excluding hydrogens is 294 g/mol. The molecule has 22 heavy (non-hydrogen) atoms. The Hall–Kier alpha value is -1.83. The molecule has 1 saturated carbocycles. The molecule has 0 aromatic carbocycles. The number of carbonyl (C=O) groups excluding carboxylic acids is 1. The molecule has 3 N–H and O–H groups in total. The number of amides is 1. The third-order valence-corrected chi connectivity index (χ3v) is 3.70. The molecule has 2 unspecified atom stereocenters. The Kier molecular flexibility index (Phi) is 5.39. The van der Waals surface area contributed by atoms with E-state index in [2.05, 4.69) is 5.32 Å². The van der Waals surface area contributed by atoms with E-state index in [-0.39, 0.29) is 19.3 Å². The van der Waals surface area contributed by atoms with Crippen molar-refractivity contribution >= 4 is 18.0 Å². The van der Waals surface area contributed by atoms with Crippen molar-refractivity contribution in [2.45, 2.75) is 57.8 Å². The first kappa shape index (κ1) is 18.2. The number of aliphatic carboxylic acids is 2. The third-order valence-electron chi connectivity index (χ3n) is 3.70. The van der Waals surface area contributed by atoms with E-state index in [9.17, 15) is 24.6 Å². The van der Waals surface area contributed by atoms with Gasteiger partial charge in [0.1, 0.15) is 5.60 Å². The van der Waals surface area contributed by atoms with Crippen molar-refractivity contribution in [2.75, 3.05) is 7.11 Å². The molecule has 0 spiro atoms. The zero-order valence-corrected chi connectivity index (χ0v) is 13.2. The summed E-state index contributed by atoms with van der Waals surface area (Å²) < 4.78 is 10.3. The van der Waals surface area contributed by atoms with Crippen molar-refractivity contribution in [3.8, 4) is 0 Å². The van der Waals surface area contributed by atoms with Gasteiger partial charge in [-0.25, -0.2) is 4.79 Å². The van der Waals surface area contributed by atoms with Gasteiger partial charge in [0.25, 0.3) is 0 Å². The van der Waals surface area contributed by atoms with Crippen LogP contribution in [-0.2, 0) is 19.1 Å². The molecule has 0 radical (unpaired) electrons. The fourth-order valence-corrected chi connectivity index (χ4v) is 2.53. The zero-order chi connectivity index (χ0) is 17.1. The fraction of sp³-hybridized carbons (Fsp3) is 0.786. The van der Waals surface area contributed by atoms with E-state index < -0.39 is 41.2 Å². The van der Waals surface area contributed by atoms with E-state index in [1.54, 1.807) is 20.8 Å². The van der Waals surface area contributed by atoms with Gasteiger partial charge in [-0.1, -0.05) is 0 Å². The second-order valence-corrected chi connectivity index (χ2v) is 6.46. The van der Waals surface area contributed by atoms with Crippen LogP contribution in [-0.4, -0.2) is 53.1 Å². The van der Waals surface area contributed by atoms with Crippen molar-refractivity contribution in [2.24, 2.45) is 5.41 Å². The van der Waals surface area contributed by atoms with Crippen molar-refractivity contribution in [1.29, 1.82) is 0 Å². The van der Waals surface area contributed by atoms with Gasteiger partial charge in [-0.2, -0.15) is 0 Å². The standard InChI is InChI=1S/C14H23NO7/c1-13(2,3)22-12(20)15-8-5-6-14(10(16)17,11(18)19)7-9(8)21-4/h8-9H,5-7H2,1-4H3,(H,15,20)(H,16,17)(H,18,19). The highest BCUT2D eigenvalue weighted by Crippen LogP contribution is 2.38. The Morgan fingerprint density at radius 2 is 1.73 bits per heavy atom. The predicted molar refractivity (Wildman–Crippen MR) is 75.5 cm³/mol. The van der Waals surface area contributed by atoms with Crippen molar-refractivity contribution in [1.82, 2.24) is 5.32 Å². The minimum atomic E-state index is -1.88.